The lowest BCUT2D eigenvalue weighted by atomic mass is 9.59. The van der Waals surface area contributed by atoms with Crippen molar-refractivity contribution in [2.45, 2.75) is 30.7 Å². The van der Waals surface area contributed by atoms with E-state index in [1.807, 2.05) is 0 Å². The highest BCUT2D eigenvalue weighted by molar-refractivity contribution is 7.90. The molecule has 11 heteroatoms. The lowest BCUT2D eigenvalue weighted by Crippen LogP contribution is -2.57. The van der Waals surface area contributed by atoms with Crippen LogP contribution in [0.1, 0.15) is 40.6 Å². The van der Waals surface area contributed by atoms with Gasteiger partial charge in [-0.15, -0.1) is 0 Å². The number of benzene rings is 3. The van der Waals surface area contributed by atoms with Gasteiger partial charge in [0.05, 0.1) is 6.04 Å². The Hall–Kier alpha value is -3.14. The molecule has 2 aliphatic rings. The van der Waals surface area contributed by atoms with E-state index in [9.17, 15) is 22.4 Å². The number of hydrogen-bond acceptors (Lipinski definition) is 5. The quantitative estimate of drug-likeness (QED) is 0.442. The Morgan fingerprint density at radius 1 is 1.03 bits per heavy atom. The Kier molecular flexibility index (Phi) is 6.65. The van der Waals surface area contributed by atoms with E-state index in [2.05, 4.69) is 10.6 Å². The maximum atomic E-state index is 14.5. The third kappa shape index (κ3) is 4.52. The molecule has 198 valence electrons. The maximum Gasteiger partial charge on any atom is 0.238 e. The van der Waals surface area contributed by atoms with E-state index in [0.29, 0.717) is 38.0 Å². The molecule has 2 aliphatic heterocycles. The highest BCUT2D eigenvalue weighted by Crippen LogP contribution is 2.59. The van der Waals surface area contributed by atoms with Gasteiger partial charge in [0.15, 0.2) is 15.8 Å². The number of carbonyl (C=O) groups is 2. The number of hydrogen-bond donors (Lipinski definition) is 2. The Morgan fingerprint density at radius 3 is 2.47 bits per heavy atom. The van der Waals surface area contributed by atoms with Crippen molar-refractivity contribution in [2.24, 2.45) is 0 Å². The number of amides is 2. The summed E-state index contributed by atoms with van der Waals surface area (Å²) in [6, 6.07) is 12.8. The number of sulfone groups is 1. The third-order valence-electron chi connectivity index (χ3n) is 7.08. The zero-order valence-corrected chi connectivity index (χ0v) is 22.7. The molecule has 1 spiro atoms. The molecule has 7 nitrogen and oxygen atoms in total. The van der Waals surface area contributed by atoms with E-state index < -0.39 is 44.9 Å². The van der Waals surface area contributed by atoms with E-state index in [-0.39, 0.29) is 18.1 Å². The zero-order valence-electron chi connectivity index (χ0n) is 20.3. The largest absolute Gasteiger partial charge is 0.477 e. The summed E-state index contributed by atoms with van der Waals surface area (Å²) in [5, 5.41) is 6.55. The van der Waals surface area contributed by atoms with Gasteiger partial charge in [0.1, 0.15) is 17.0 Å². The van der Waals surface area contributed by atoms with Crippen molar-refractivity contribution in [2.75, 3.05) is 17.5 Å². The van der Waals surface area contributed by atoms with Crippen LogP contribution in [0.2, 0.25) is 10.0 Å². The normalized spacial score (nSPS) is 22.7. The number of anilines is 1. The van der Waals surface area contributed by atoms with E-state index in [0.717, 1.165) is 6.26 Å². The van der Waals surface area contributed by atoms with Gasteiger partial charge in [-0.3, -0.25) is 9.59 Å². The van der Waals surface area contributed by atoms with Crippen LogP contribution >= 0.6 is 23.2 Å². The summed E-state index contributed by atoms with van der Waals surface area (Å²) in [4.78, 5) is 27.4. The first-order valence-corrected chi connectivity index (χ1v) is 14.5. The van der Waals surface area contributed by atoms with Crippen molar-refractivity contribution >= 4 is 50.5 Å². The van der Waals surface area contributed by atoms with E-state index in [1.54, 1.807) is 37.3 Å². The molecule has 5 rings (SSSR count). The van der Waals surface area contributed by atoms with Gasteiger partial charge in [-0.25, -0.2) is 12.8 Å². The van der Waals surface area contributed by atoms with Gasteiger partial charge in [0.25, 0.3) is 0 Å². The van der Waals surface area contributed by atoms with Crippen LogP contribution in [0, 0.1) is 12.7 Å². The summed E-state index contributed by atoms with van der Waals surface area (Å²) in [6.45, 7) is 1.77. The first kappa shape index (κ1) is 26.5. The molecular formula is C27H23Cl2FN2O5S. The second kappa shape index (κ2) is 9.55. The van der Waals surface area contributed by atoms with Crippen molar-refractivity contribution in [3.63, 3.8) is 0 Å². The molecule has 0 aliphatic carbocycles. The molecule has 1 fully saturated rings. The molecule has 0 radical (unpaired) electrons. The van der Waals surface area contributed by atoms with Gasteiger partial charge < -0.3 is 15.4 Å². The van der Waals surface area contributed by atoms with Crippen molar-refractivity contribution in [3.05, 3.63) is 92.7 Å². The zero-order chi connectivity index (χ0) is 27.4. The van der Waals surface area contributed by atoms with E-state index in [1.165, 1.54) is 24.3 Å². The van der Waals surface area contributed by atoms with Crippen molar-refractivity contribution < 1.29 is 27.1 Å². The standard InChI is InChI=1S/C27H23Cl2FN2O5S/c1-14-3-6-17(30)11-18(14)25-27(20-7-4-16(29)10-22(20)31-26(27)34)21(12-24(33)32-25)19-9-15(28)5-8-23(19)37-13-38(2,35)36/h3-11,21,25H,12-13H2,1-2H3,(H,31,34)(H,32,33). The Labute approximate surface area is 229 Å². The van der Waals surface area contributed by atoms with Crippen molar-refractivity contribution in [1.29, 1.82) is 0 Å². The molecule has 3 aromatic rings. The molecular weight excluding hydrogens is 554 g/mol. The van der Waals surface area contributed by atoms with Crippen LogP contribution in [-0.2, 0) is 24.8 Å². The Balaban J connectivity index is 1.81. The topological polar surface area (TPSA) is 102 Å². The fourth-order valence-corrected chi connectivity index (χ4v) is 6.23. The first-order chi connectivity index (χ1) is 17.9. The van der Waals surface area contributed by atoms with Crippen LogP contribution in [0.15, 0.2) is 54.6 Å². The molecule has 0 aromatic heterocycles. The van der Waals surface area contributed by atoms with Gasteiger partial charge in [-0.05, 0) is 66.1 Å². The average Bonchev–Trinajstić information content (AvgIpc) is 3.11. The SMILES string of the molecule is Cc1ccc(F)cc1C1NC(=O)CC(c2cc(Cl)ccc2OCS(C)(=O)=O)C12C(=O)Nc1cc(Cl)ccc12. The molecule has 2 N–H and O–H groups in total. The summed E-state index contributed by atoms with van der Waals surface area (Å²) >= 11 is 12.6. The number of halogens is 3. The molecule has 3 aromatic carbocycles. The average molecular weight is 577 g/mol. The van der Waals surface area contributed by atoms with Crippen LogP contribution < -0.4 is 15.4 Å². The first-order valence-electron chi connectivity index (χ1n) is 11.7. The Bertz CT molecular complexity index is 1600. The summed E-state index contributed by atoms with van der Waals surface area (Å²) < 4.78 is 44.0. The van der Waals surface area contributed by atoms with Gasteiger partial charge in [0.2, 0.25) is 11.8 Å². The minimum Gasteiger partial charge on any atom is -0.477 e. The van der Waals surface area contributed by atoms with Gasteiger partial charge >= 0.3 is 0 Å². The fraction of sp³-hybridized carbons (Fsp3) is 0.259. The van der Waals surface area contributed by atoms with Crippen LogP contribution in [0.25, 0.3) is 0 Å². The van der Waals surface area contributed by atoms with E-state index in [4.69, 9.17) is 27.9 Å². The highest BCUT2D eigenvalue weighted by atomic mass is 35.5. The number of fused-ring (bicyclic) bond motifs is 2. The lowest BCUT2D eigenvalue weighted by Gasteiger charge is -2.47. The number of aryl methyl sites for hydroxylation is 1. The van der Waals surface area contributed by atoms with Gasteiger partial charge in [-0.1, -0.05) is 35.3 Å². The second-order valence-electron chi connectivity index (χ2n) is 9.64. The smallest absolute Gasteiger partial charge is 0.238 e. The van der Waals surface area contributed by atoms with Crippen LogP contribution in [0.4, 0.5) is 10.1 Å². The van der Waals surface area contributed by atoms with Crippen molar-refractivity contribution in [3.8, 4) is 5.75 Å². The van der Waals surface area contributed by atoms with Crippen molar-refractivity contribution in [1.82, 2.24) is 5.32 Å². The minimum atomic E-state index is -3.52. The highest BCUT2D eigenvalue weighted by Gasteiger charge is 2.61. The fourth-order valence-electron chi connectivity index (χ4n) is 5.54. The molecule has 0 saturated carbocycles. The number of rotatable bonds is 5. The molecule has 38 heavy (non-hydrogen) atoms. The van der Waals surface area contributed by atoms with Crippen LogP contribution in [0.3, 0.4) is 0 Å². The molecule has 2 amide bonds. The monoisotopic (exact) mass is 576 g/mol. The molecule has 3 unspecified atom stereocenters. The summed E-state index contributed by atoms with van der Waals surface area (Å²) in [5.74, 6) is -2.63. The van der Waals surface area contributed by atoms with Crippen LogP contribution in [-0.4, -0.2) is 32.4 Å². The maximum absolute atomic E-state index is 14.5. The molecule has 0 bridgehead atoms. The van der Waals surface area contributed by atoms with Gasteiger partial charge in [0, 0.05) is 39.9 Å². The summed E-state index contributed by atoms with van der Waals surface area (Å²) in [7, 11) is -3.52. The van der Waals surface area contributed by atoms with Gasteiger partial charge in [-0.2, -0.15) is 0 Å². The Morgan fingerprint density at radius 2 is 1.74 bits per heavy atom. The lowest BCUT2D eigenvalue weighted by molar-refractivity contribution is -0.131. The van der Waals surface area contributed by atoms with Crippen LogP contribution in [0.5, 0.6) is 5.75 Å². The third-order valence-corrected chi connectivity index (χ3v) is 8.10. The number of carbonyl (C=O) groups excluding carboxylic acids is 2. The van der Waals surface area contributed by atoms with E-state index >= 15 is 0 Å². The minimum absolute atomic E-state index is 0.143. The predicted octanol–water partition coefficient (Wildman–Crippen LogP) is 5.06. The summed E-state index contributed by atoms with van der Waals surface area (Å²) in [5.41, 5.74) is 1.03. The number of ether oxygens (including phenoxy) is 1. The molecule has 3 atom stereocenters. The predicted molar refractivity (Wildman–Crippen MR) is 143 cm³/mol. The molecule has 2 heterocycles. The molecule has 1 saturated heterocycles. The second-order valence-corrected chi connectivity index (χ2v) is 12.6. The summed E-state index contributed by atoms with van der Waals surface area (Å²) in [6.07, 6.45) is 0.890. The number of piperidine rings is 1. The number of nitrogens with one attached hydrogen (secondary N) is 2.